The second-order valence-electron chi connectivity index (χ2n) is 4.55. The first-order valence-electron chi connectivity index (χ1n) is 5.77. The van der Waals surface area contributed by atoms with Gasteiger partial charge in [0, 0.05) is 37.6 Å². The molecule has 0 spiro atoms. The van der Waals surface area contributed by atoms with E-state index in [1.807, 2.05) is 13.0 Å². The van der Waals surface area contributed by atoms with Gasteiger partial charge in [-0.3, -0.25) is 4.79 Å². The summed E-state index contributed by atoms with van der Waals surface area (Å²) < 4.78 is 13.9. The molecule has 0 aliphatic carbocycles. The van der Waals surface area contributed by atoms with Crippen LogP contribution >= 0.6 is 15.9 Å². The first-order chi connectivity index (χ1) is 8.38. The molecule has 0 fully saturated rings. The molecule has 1 amide bonds. The summed E-state index contributed by atoms with van der Waals surface area (Å²) in [7, 11) is 3.47. The number of carbonyl (C=O) groups is 1. The van der Waals surface area contributed by atoms with Gasteiger partial charge in [-0.05, 0) is 30.7 Å². The molecule has 0 saturated carbocycles. The van der Waals surface area contributed by atoms with E-state index in [9.17, 15) is 9.18 Å². The monoisotopic (exact) mass is 316 g/mol. The van der Waals surface area contributed by atoms with E-state index in [4.69, 9.17) is 0 Å². The average molecular weight is 317 g/mol. The molecular formula is C13H18BrFN2O. The molecule has 1 unspecified atom stereocenters. The highest BCUT2D eigenvalue weighted by molar-refractivity contribution is 9.10. The lowest BCUT2D eigenvalue weighted by atomic mass is 10.2. The van der Waals surface area contributed by atoms with Crippen molar-refractivity contribution in [2.24, 2.45) is 0 Å². The molecule has 0 aromatic heterocycles. The Morgan fingerprint density at radius 2 is 2.11 bits per heavy atom. The smallest absolute Gasteiger partial charge is 0.223 e. The van der Waals surface area contributed by atoms with E-state index in [0.29, 0.717) is 13.0 Å². The Morgan fingerprint density at radius 3 is 2.67 bits per heavy atom. The predicted molar refractivity (Wildman–Crippen MR) is 73.7 cm³/mol. The van der Waals surface area contributed by atoms with Crippen molar-refractivity contribution in [1.29, 1.82) is 0 Å². The number of halogens is 2. The minimum Gasteiger partial charge on any atom is -0.349 e. The van der Waals surface area contributed by atoms with Crippen molar-refractivity contribution in [3.8, 4) is 0 Å². The molecular weight excluding hydrogens is 299 g/mol. The van der Waals surface area contributed by atoms with E-state index in [-0.39, 0.29) is 17.8 Å². The van der Waals surface area contributed by atoms with Gasteiger partial charge < -0.3 is 10.2 Å². The van der Waals surface area contributed by atoms with Crippen molar-refractivity contribution in [3.05, 3.63) is 34.1 Å². The van der Waals surface area contributed by atoms with Gasteiger partial charge in [-0.2, -0.15) is 0 Å². The highest BCUT2D eigenvalue weighted by Gasteiger charge is 2.10. The van der Waals surface area contributed by atoms with Crippen LogP contribution in [0.3, 0.4) is 0 Å². The summed E-state index contributed by atoms with van der Waals surface area (Å²) in [6, 6.07) is 4.82. The maximum atomic E-state index is 13.1. The number of hydrogen-bond acceptors (Lipinski definition) is 2. The molecule has 1 N–H and O–H groups in total. The van der Waals surface area contributed by atoms with Crippen molar-refractivity contribution < 1.29 is 9.18 Å². The summed E-state index contributed by atoms with van der Waals surface area (Å²) in [5, 5.41) is 3.20. The van der Waals surface area contributed by atoms with Crippen molar-refractivity contribution in [2.75, 3.05) is 14.1 Å². The van der Waals surface area contributed by atoms with Gasteiger partial charge >= 0.3 is 0 Å². The molecule has 1 rings (SSSR count). The molecule has 18 heavy (non-hydrogen) atoms. The van der Waals surface area contributed by atoms with Crippen molar-refractivity contribution in [2.45, 2.75) is 25.9 Å². The van der Waals surface area contributed by atoms with Gasteiger partial charge in [-0.1, -0.05) is 15.9 Å². The number of nitrogens with one attached hydrogen (secondary N) is 1. The largest absolute Gasteiger partial charge is 0.349 e. The molecule has 0 heterocycles. The van der Waals surface area contributed by atoms with Gasteiger partial charge in [0.1, 0.15) is 5.82 Å². The topological polar surface area (TPSA) is 32.3 Å². The third-order valence-corrected chi connectivity index (χ3v) is 3.01. The zero-order valence-corrected chi connectivity index (χ0v) is 12.4. The SMILES string of the molecule is CC(CC(=O)N(C)C)NCc1cc(F)cc(Br)c1. The predicted octanol–water partition coefficient (Wildman–Crippen LogP) is 2.54. The standard InChI is InChI=1S/C13H18BrFN2O/c1-9(4-13(18)17(2)3)16-8-10-5-11(14)7-12(15)6-10/h5-7,9,16H,4,8H2,1-3H3. The third kappa shape index (κ3) is 5.14. The molecule has 100 valence electrons. The van der Waals surface area contributed by atoms with Crippen molar-refractivity contribution in [1.82, 2.24) is 10.2 Å². The Kier molecular flexibility index (Phi) is 5.75. The van der Waals surface area contributed by atoms with Crippen LogP contribution in [0.5, 0.6) is 0 Å². The fraction of sp³-hybridized carbons (Fsp3) is 0.462. The molecule has 0 radical (unpaired) electrons. The highest BCUT2D eigenvalue weighted by Crippen LogP contribution is 2.14. The van der Waals surface area contributed by atoms with Gasteiger partial charge in [-0.15, -0.1) is 0 Å². The maximum Gasteiger partial charge on any atom is 0.223 e. The Balaban J connectivity index is 2.47. The summed E-state index contributed by atoms with van der Waals surface area (Å²) in [6.07, 6.45) is 0.434. The summed E-state index contributed by atoms with van der Waals surface area (Å²) in [6.45, 7) is 2.48. The van der Waals surface area contributed by atoms with E-state index in [1.54, 1.807) is 19.0 Å². The fourth-order valence-electron chi connectivity index (χ4n) is 1.52. The lowest BCUT2D eigenvalue weighted by molar-refractivity contribution is -0.129. The van der Waals surface area contributed by atoms with Crippen LogP contribution in [0.15, 0.2) is 22.7 Å². The van der Waals surface area contributed by atoms with Crippen LogP contribution in [-0.2, 0) is 11.3 Å². The summed E-state index contributed by atoms with van der Waals surface area (Å²) in [5.74, 6) is -0.186. The summed E-state index contributed by atoms with van der Waals surface area (Å²) in [4.78, 5) is 13.1. The molecule has 0 aliphatic heterocycles. The number of amides is 1. The number of rotatable bonds is 5. The van der Waals surface area contributed by atoms with E-state index in [1.165, 1.54) is 12.1 Å². The van der Waals surface area contributed by atoms with Crippen molar-refractivity contribution in [3.63, 3.8) is 0 Å². The molecule has 5 heteroatoms. The highest BCUT2D eigenvalue weighted by atomic mass is 79.9. The zero-order valence-electron chi connectivity index (χ0n) is 10.8. The van der Waals surface area contributed by atoms with Gasteiger partial charge in [0.2, 0.25) is 5.91 Å². The van der Waals surface area contributed by atoms with Crippen LogP contribution < -0.4 is 5.32 Å². The van der Waals surface area contributed by atoms with Crippen LogP contribution in [0.4, 0.5) is 4.39 Å². The van der Waals surface area contributed by atoms with Crippen LogP contribution in [0.1, 0.15) is 18.9 Å². The number of nitrogens with zero attached hydrogens (tertiary/aromatic N) is 1. The van der Waals surface area contributed by atoms with Crippen LogP contribution in [0, 0.1) is 5.82 Å². The minimum atomic E-state index is -0.266. The molecule has 1 atom stereocenters. The normalized spacial score (nSPS) is 12.3. The van der Waals surface area contributed by atoms with Gasteiger partial charge in [0.25, 0.3) is 0 Å². The second kappa shape index (κ2) is 6.85. The number of benzene rings is 1. The first-order valence-corrected chi connectivity index (χ1v) is 6.56. The molecule has 0 bridgehead atoms. The maximum absolute atomic E-state index is 13.1. The minimum absolute atomic E-state index is 0.0574. The van der Waals surface area contributed by atoms with Gasteiger partial charge in [0.15, 0.2) is 0 Å². The number of carbonyl (C=O) groups excluding carboxylic acids is 1. The van der Waals surface area contributed by atoms with Crippen LogP contribution in [-0.4, -0.2) is 30.9 Å². The van der Waals surface area contributed by atoms with Crippen LogP contribution in [0.25, 0.3) is 0 Å². The molecule has 3 nitrogen and oxygen atoms in total. The first kappa shape index (κ1) is 15.1. The average Bonchev–Trinajstić information content (AvgIpc) is 2.25. The lowest BCUT2D eigenvalue weighted by Crippen LogP contribution is -2.32. The number of hydrogen-bond donors (Lipinski definition) is 1. The lowest BCUT2D eigenvalue weighted by Gasteiger charge is -2.16. The van der Waals surface area contributed by atoms with E-state index < -0.39 is 0 Å². The van der Waals surface area contributed by atoms with E-state index in [0.717, 1.165) is 10.0 Å². The van der Waals surface area contributed by atoms with E-state index in [2.05, 4.69) is 21.2 Å². The molecule has 0 saturated heterocycles. The Labute approximate surface area is 115 Å². The summed E-state index contributed by atoms with van der Waals surface area (Å²) >= 11 is 3.25. The Morgan fingerprint density at radius 1 is 1.44 bits per heavy atom. The van der Waals surface area contributed by atoms with Crippen LogP contribution in [0.2, 0.25) is 0 Å². The third-order valence-electron chi connectivity index (χ3n) is 2.56. The zero-order chi connectivity index (χ0) is 13.7. The Hall–Kier alpha value is -0.940. The van der Waals surface area contributed by atoms with Gasteiger partial charge in [0.05, 0.1) is 0 Å². The van der Waals surface area contributed by atoms with Gasteiger partial charge in [-0.25, -0.2) is 4.39 Å². The second-order valence-corrected chi connectivity index (χ2v) is 5.47. The quantitative estimate of drug-likeness (QED) is 0.905. The fourth-order valence-corrected chi connectivity index (χ4v) is 2.03. The van der Waals surface area contributed by atoms with E-state index >= 15 is 0 Å². The molecule has 1 aromatic carbocycles. The Bertz CT molecular complexity index is 403. The summed E-state index contributed by atoms with van der Waals surface area (Å²) in [5.41, 5.74) is 0.853. The van der Waals surface area contributed by atoms with Crippen molar-refractivity contribution >= 4 is 21.8 Å². The molecule has 0 aliphatic rings. The molecule has 1 aromatic rings.